The highest BCUT2D eigenvalue weighted by atomic mass is 32.2. The van der Waals surface area contributed by atoms with E-state index in [-0.39, 0.29) is 28.7 Å². The summed E-state index contributed by atoms with van der Waals surface area (Å²) in [6.45, 7) is 2.98. The summed E-state index contributed by atoms with van der Waals surface area (Å²) >= 11 is 0. The Morgan fingerprint density at radius 1 is 0.882 bits per heavy atom. The number of ether oxygens (including phenoxy) is 1. The van der Waals surface area contributed by atoms with Crippen molar-refractivity contribution in [1.82, 2.24) is 4.31 Å². The molecule has 1 heterocycles. The zero-order valence-corrected chi connectivity index (χ0v) is 20.2. The fourth-order valence-corrected chi connectivity index (χ4v) is 6.18. The molecule has 0 aliphatic carbocycles. The number of anilines is 1. The maximum absolute atomic E-state index is 13.2. The van der Waals surface area contributed by atoms with E-state index in [2.05, 4.69) is 9.71 Å². The van der Waals surface area contributed by atoms with Crippen LogP contribution in [0.15, 0.2) is 93.1 Å². The molecule has 1 fully saturated rings. The topological polar surface area (TPSA) is 105 Å². The minimum Gasteiger partial charge on any atom is -0.379 e. The molecular formula is C24H25N3O5S2. The van der Waals surface area contributed by atoms with E-state index in [4.69, 9.17) is 4.74 Å². The molecule has 8 nitrogen and oxygen atoms in total. The van der Waals surface area contributed by atoms with E-state index in [0.717, 1.165) is 0 Å². The van der Waals surface area contributed by atoms with Gasteiger partial charge in [-0.25, -0.2) is 8.42 Å². The summed E-state index contributed by atoms with van der Waals surface area (Å²) < 4.78 is 63.1. The van der Waals surface area contributed by atoms with Gasteiger partial charge in [0.1, 0.15) is 0 Å². The molecule has 0 radical (unpaired) electrons. The quantitative estimate of drug-likeness (QED) is 0.412. The zero-order valence-electron chi connectivity index (χ0n) is 18.6. The molecule has 10 heteroatoms. The highest BCUT2D eigenvalue weighted by molar-refractivity contribution is 7.90. The van der Waals surface area contributed by atoms with E-state index in [0.29, 0.717) is 30.0 Å². The third kappa shape index (κ3) is 5.36. The molecule has 3 aromatic carbocycles. The van der Waals surface area contributed by atoms with Gasteiger partial charge in [-0.3, -0.25) is 0 Å². The predicted octanol–water partition coefficient (Wildman–Crippen LogP) is 3.26. The summed E-state index contributed by atoms with van der Waals surface area (Å²) in [5.74, 6) is 0.0861. The van der Waals surface area contributed by atoms with Crippen LogP contribution in [0.5, 0.6) is 0 Å². The van der Waals surface area contributed by atoms with Crippen LogP contribution in [-0.2, 0) is 24.8 Å². The van der Waals surface area contributed by atoms with E-state index in [9.17, 15) is 16.8 Å². The Hall–Kier alpha value is -3.05. The Morgan fingerprint density at radius 3 is 2.15 bits per heavy atom. The van der Waals surface area contributed by atoms with E-state index in [1.54, 1.807) is 61.5 Å². The van der Waals surface area contributed by atoms with Crippen LogP contribution in [0.3, 0.4) is 0 Å². The first-order valence-corrected chi connectivity index (χ1v) is 13.6. The van der Waals surface area contributed by atoms with Crippen LogP contribution >= 0.6 is 0 Å². The molecule has 34 heavy (non-hydrogen) atoms. The van der Waals surface area contributed by atoms with Crippen LogP contribution in [0.2, 0.25) is 0 Å². The molecule has 0 spiro atoms. The van der Waals surface area contributed by atoms with Gasteiger partial charge in [-0.2, -0.15) is 12.7 Å². The van der Waals surface area contributed by atoms with Gasteiger partial charge in [-0.05, 0) is 36.8 Å². The van der Waals surface area contributed by atoms with Crippen LogP contribution in [0.25, 0.3) is 0 Å². The van der Waals surface area contributed by atoms with Gasteiger partial charge in [0, 0.05) is 24.3 Å². The molecular weight excluding hydrogens is 474 g/mol. The van der Waals surface area contributed by atoms with Crippen molar-refractivity contribution in [2.45, 2.75) is 16.7 Å². The lowest BCUT2D eigenvalue weighted by Crippen LogP contribution is -2.40. The molecule has 0 atom stereocenters. The number of nitrogens with one attached hydrogen (secondary N) is 1. The monoisotopic (exact) mass is 499 g/mol. The summed E-state index contributed by atoms with van der Waals surface area (Å²) in [5.41, 5.74) is 1.54. The van der Waals surface area contributed by atoms with Crippen LogP contribution in [-0.4, -0.2) is 53.3 Å². The number of aryl methyl sites for hydroxylation is 1. The second kappa shape index (κ2) is 10.1. The van der Waals surface area contributed by atoms with Gasteiger partial charge in [-0.1, -0.05) is 54.6 Å². The molecule has 4 rings (SSSR count). The number of sulfonamides is 2. The molecule has 0 saturated carbocycles. The first-order valence-electron chi connectivity index (χ1n) is 10.7. The normalized spacial score (nSPS) is 15.7. The standard InChI is InChI=1S/C24H25N3O5S2/c1-19-12-13-21(18-23(19)34(30,31)27-14-16-32-17-15-27)25-24(20-8-4-2-5-9-20)26-33(28,29)22-10-6-3-7-11-22/h2-13,18H,14-17H2,1H3,(H,25,26). The molecule has 0 aromatic heterocycles. The van der Waals surface area contributed by atoms with E-state index in [1.807, 2.05) is 6.07 Å². The minimum absolute atomic E-state index is 0.0599. The lowest BCUT2D eigenvalue weighted by Gasteiger charge is -2.27. The van der Waals surface area contributed by atoms with Crippen LogP contribution < -0.4 is 5.32 Å². The highest BCUT2D eigenvalue weighted by Gasteiger charge is 2.28. The van der Waals surface area contributed by atoms with Crippen molar-refractivity contribution in [3.05, 3.63) is 90.0 Å². The second-order valence-electron chi connectivity index (χ2n) is 7.72. The van der Waals surface area contributed by atoms with Gasteiger partial charge < -0.3 is 10.1 Å². The van der Waals surface area contributed by atoms with E-state index >= 15 is 0 Å². The average Bonchev–Trinajstić information content (AvgIpc) is 2.86. The number of rotatable bonds is 6. The van der Waals surface area contributed by atoms with Crippen LogP contribution in [0.4, 0.5) is 5.69 Å². The van der Waals surface area contributed by atoms with Crippen LogP contribution in [0.1, 0.15) is 11.1 Å². The summed E-state index contributed by atoms with van der Waals surface area (Å²) in [6.07, 6.45) is 0. The van der Waals surface area contributed by atoms with Gasteiger partial charge in [0.05, 0.1) is 23.0 Å². The lowest BCUT2D eigenvalue weighted by molar-refractivity contribution is 0.0730. The van der Waals surface area contributed by atoms with Gasteiger partial charge >= 0.3 is 0 Å². The van der Waals surface area contributed by atoms with Crippen molar-refractivity contribution in [3.8, 4) is 0 Å². The Bertz CT molecular complexity index is 1390. The largest absolute Gasteiger partial charge is 0.379 e. The zero-order chi connectivity index (χ0) is 24.2. The van der Waals surface area contributed by atoms with Crippen molar-refractivity contribution in [3.63, 3.8) is 0 Å². The molecule has 1 aliphatic rings. The summed E-state index contributed by atoms with van der Waals surface area (Å²) in [6, 6.07) is 21.6. The van der Waals surface area contributed by atoms with Gasteiger partial charge in [0.2, 0.25) is 10.0 Å². The molecule has 0 bridgehead atoms. The maximum Gasteiger partial charge on any atom is 0.284 e. The van der Waals surface area contributed by atoms with Crippen LogP contribution in [0, 0.1) is 6.92 Å². The lowest BCUT2D eigenvalue weighted by atomic mass is 10.2. The fourth-order valence-electron chi connectivity index (χ4n) is 3.53. The number of hydrogen-bond acceptors (Lipinski definition) is 5. The molecule has 1 N–H and O–H groups in total. The number of nitrogens with zero attached hydrogens (tertiary/aromatic N) is 2. The van der Waals surface area contributed by atoms with Crippen molar-refractivity contribution in [2.24, 2.45) is 4.40 Å². The number of amidine groups is 1. The number of morpholine rings is 1. The minimum atomic E-state index is -4.01. The van der Waals surface area contributed by atoms with Crippen molar-refractivity contribution in [2.75, 3.05) is 31.6 Å². The Labute approximate surface area is 200 Å². The highest BCUT2D eigenvalue weighted by Crippen LogP contribution is 2.25. The predicted molar refractivity (Wildman–Crippen MR) is 131 cm³/mol. The smallest absolute Gasteiger partial charge is 0.284 e. The molecule has 0 unspecified atom stereocenters. The first-order chi connectivity index (χ1) is 16.3. The van der Waals surface area contributed by atoms with Crippen molar-refractivity contribution >= 4 is 31.6 Å². The summed E-state index contributed by atoms with van der Waals surface area (Å²) in [4.78, 5) is 0.211. The van der Waals surface area contributed by atoms with E-state index < -0.39 is 20.0 Å². The summed E-state index contributed by atoms with van der Waals surface area (Å²) in [7, 11) is -7.75. The van der Waals surface area contributed by atoms with Gasteiger partial charge in [0.15, 0.2) is 5.84 Å². The van der Waals surface area contributed by atoms with Crippen molar-refractivity contribution in [1.29, 1.82) is 0 Å². The Morgan fingerprint density at radius 2 is 1.50 bits per heavy atom. The van der Waals surface area contributed by atoms with Gasteiger partial charge in [-0.15, -0.1) is 4.40 Å². The third-order valence-electron chi connectivity index (χ3n) is 5.34. The fraction of sp³-hybridized carbons (Fsp3) is 0.208. The average molecular weight is 500 g/mol. The SMILES string of the molecule is Cc1ccc(NC(=NS(=O)(=O)c2ccccc2)c2ccccc2)cc1S(=O)(=O)N1CCOCC1. The molecule has 0 amide bonds. The first kappa shape index (κ1) is 24.1. The Balaban J connectivity index is 1.74. The Kier molecular flexibility index (Phi) is 7.13. The van der Waals surface area contributed by atoms with Gasteiger partial charge in [0.25, 0.3) is 10.0 Å². The number of benzene rings is 3. The maximum atomic E-state index is 13.2. The second-order valence-corrected chi connectivity index (χ2v) is 11.2. The van der Waals surface area contributed by atoms with Crippen molar-refractivity contribution < 1.29 is 21.6 Å². The van der Waals surface area contributed by atoms with E-state index in [1.165, 1.54) is 22.5 Å². The summed E-state index contributed by atoms with van der Waals surface area (Å²) in [5, 5.41) is 3.03. The molecule has 1 saturated heterocycles. The molecule has 1 aliphatic heterocycles. The third-order valence-corrected chi connectivity index (χ3v) is 8.67. The molecule has 178 valence electrons. The number of hydrogen-bond donors (Lipinski definition) is 1. The molecule has 3 aromatic rings.